The van der Waals surface area contributed by atoms with Crippen molar-refractivity contribution < 1.29 is 9.66 Å². The molecule has 0 aliphatic carbocycles. The van der Waals surface area contributed by atoms with Gasteiger partial charge in [-0.05, 0) is 30.2 Å². The van der Waals surface area contributed by atoms with Gasteiger partial charge < -0.3 is 10.1 Å². The standard InChI is InChI=1S/C16H16N2O3/c1-11-7-13-8-12(5-6-16(13)21-11)10-17-14-3-2-4-15(9-14)18(19)20/h2-6,8-9,11,17H,7,10H2,1H3/t11-/m1/s1. The van der Waals surface area contributed by atoms with Crippen LogP contribution in [0.2, 0.25) is 0 Å². The molecule has 0 bridgehead atoms. The number of ether oxygens (including phenoxy) is 1. The van der Waals surface area contributed by atoms with Crippen LogP contribution in [-0.2, 0) is 13.0 Å². The first-order valence-electron chi connectivity index (χ1n) is 6.88. The van der Waals surface area contributed by atoms with E-state index in [-0.39, 0.29) is 16.7 Å². The number of nitro groups is 1. The maximum Gasteiger partial charge on any atom is 0.271 e. The number of non-ortho nitro benzene ring substituents is 1. The molecule has 2 aromatic carbocycles. The summed E-state index contributed by atoms with van der Waals surface area (Å²) < 4.78 is 5.67. The molecule has 0 radical (unpaired) electrons. The number of nitro benzene ring substituents is 1. The van der Waals surface area contributed by atoms with Crippen molar-refractivity contribution in [2.45, 2.75) is 26.0 Å². The number of anilines is 1. The summed E-state index contributed by atoms with van der Waals surface area (Å²) in [7, 11) is 0. The second kappa shape index (κ2) is 5.44. The fourth-order valence-electron chi connectivity index (χ4n) is 2.52. The second-order valence-corrected chi connectivity index (χ2v) is 5.24. The zero-order valence-electron chi connectivity index (χ0n) is 11.7. The lowest BCUT2D eigenvalue weighted by Crippen LogP contribution is -2.05. The van der Waals surface area contributed by atoms with Gasteiger partial charge in [0.2, 0.25) is 0 Å². The van der Waals surface area contributed by atoms with Crippen LogP contribution in [0.5, 0.6) is 5.75 Å². The van der Waals surface area contributed by atoms with E-state index in [0.29, 0.717) is 6.54 Å². The van der Waals surface area contributed by atoms with Crippen LogP contribution in [0.1, 0.15) is 18.1 Å². The highest BCUT2D eigenvalue weighted by Gasteiger charge is 2.18. The van der Waals surface area contributed by atoms with Crippen LogP contribution in [0.25, 0.3) is 0 Å². The smallest absolute Gasteiger partial charge is 0.271 e. The monoisotopic (exact) mass is 284 g/mol. The van der Waals surface area contributed by atoms with Crippen molar-refractivity contribution >= 4 is 11.4 Å². The average Bonchev–Trinajstić information content (AvgIpc) is 2.84. The summed E-state index contributed by atoms with van der Waals surface area (Å²) in [5.74, 6) is 0.960. The SMILES string of the molecule is C[C@@H]1Cc2cc(CNc3cccc([N+](=O)[O-])c3)ccc2O1. The number of nitrogens with one attached hydrogen (secondary N) is 1. The van der Waals surface area contributed by atoms with E-state index in [0.717, 1.165) is 23.4 Å². The molecule has 1 aliphatic heterocycles. The van der Waals surface area contributed by atoms with Gasteiger partial charge in [0, 0.05) is 30.8 Å². The van der Waals surface area contributed by atoms with Gasteiger partial charge in [0.25, 0.3) is 5.69 Å². The highest BCUT2D eigenvalue weighted by molar-refractivity contribution is 5.51. The zero-order chi connectivity index (χ0) is 14.8. The Bertz CT molecular complexity index is 685. The predicted octanol–water partition coefficient (Wildman–Crippen LogP) is 3.53. The van der Waals surface area contributed by atoms with E-state index in [4.69, 9.17) is 4.74 Å². The molecule has 21 heavy (non-hydrogen) atoms. The van der Waals surface area contributed by atoms with Crippen molar-refractivity contribution in [3.8, 4) is 5.75 Å². The number of nitrogens with zero attached hydrogens (tertiary/aromatic N) is 1. The van der Waals surface area contributed by atoms with Crippen molar-refractivity contribution in [1.29, 1.82) is 0 Å². The number of rotatable bonds is 4. The van der Waals surface area contributed by atoms with Gasteiger partial charge in [-0.25, -0.2) is 0 Å². The van der Waals surface area contributed by atoms with Crippen LogP contribution >= 0.6 is 0 Å². The summed E-state index contributed by atoms with van der Waals surface area (Å²) in [5, 5.41) is 14.0. The number of fused-ring (bicyclic) bond motifs is 1. The van der Waals surface area contributed by atoms with Gasteiger partial charge in [0.1, 0.15) is 11.9 Å². The third-order valence-corrected chi connectivity index (χ3v) is 3.51. The lowest BCUT2D eigenvalue weighted by Gasteiger charge is -2.08. The molecule has 1 aliphatic rings. The Labute approximate surface area is 122 Å². The van der Waals surface area contributed by atoms with Crippen molar-refractivity contribution in [2.24, 2.45) is 0 Å². The molecule has 3 rings (SSSR count). The van der Waals surface area contributed by atoms with E-state index in [9.17, 15) is 10.1 Å². The summed E-state index contributed by atoms with van der Waals surface area (Å²) >= 11 is 0. The Morgan fingerprint density at radius 1 is 1.33 bits per heavy atom. The largest absolute Gasteiger partial charge is 0.490 e. The van der Waals surface area contributed by atoms with E-state index in [1.807, 2.05) is 18.2 Å². The minimum absolute atomic E-state index is 0.0937. The number of benzene rings is 2. The molecule has 1 heterocycles. The zero-order valence-corrected chi connectivity index (χ0v) is 11.7. The summed E-state index contributed by atoms with van der Waals surface area (Å²) in [6.45, 7) is 2.68. The van der Waals surface area contributed by atoms with E-state index in [2.05, 4.69) is 18.3 Å². The van der Waals surface area contributed by atoms with Crippen LogP contribution in [0, 0.1) is 10.1 Å². The molecule has 0 aromatic heterocycles. The first-order chi connectivity index (χ1) is 10.1. The molecular formula is C16H16N2O3. The highest BCUT2D eigenvalue weighted by atomic mass is 16.6. The lowest BCUT2D eigenvalue weighted by atomic mass is 10.1. The van der Waals surface area contributed by atoms with Gasteiger partial charge in [-0.2, -0.15) is 0 Å². The van der Waals surface area contributed by atoms with Crippen molar-refractivity contribution in [1.82, 2.24) is 0 Å². The van der Waals surface area contributed by atoms with Crippen LogP contribution in [0.15, 0.2) is 42.5 Å². The van der Waals surface area contributed by atoms with Crippen molar-refractivity contribution in [3.05, 3.63) is 63.7 Å². The van der Waals surface area contributed by atoms with Gasteiger partial charge in [-0.1, -0.05) is 18.2 Å². The summed E-state index contributed by atoms with van der Waals surface area (Å²) in [5.41, 5.74) is 3.20. The number of hydrogen-bond donors (Lipinski definition) is 1. The third kappa shape index (κ3) is 2.97. The van der Waals surface area contributed by atoms with Gasteiger partial charge in [-0.3, -0.25) is 10.1 Å². The molecule has 0 fully saturated rings. The molecule has 108 valence electrons. The normalized spacial score (nSPS) is 16.1. The van der Waals surface area contributed by atoms with E-state index in [1.165, 1.54) is 11.6 Å². The van der Waals surface area contributed by atoms with Gasteiger partial charge in [0.15, 0.2) is 0 Å². The minimum atomic E-state index is -0.390. The first kappa shape index (κ1) is 13.4. The van der Waals surface area contributed by atoms with E-state index < -0.39 is 0 Å². The molecule has 5 heteroatoms. The van der Waals surface area contributed by atoms with E-state index in [1.54, 1.807) is 12.1 Å². The first-order valence-corrected chi connectivity index (χ1v) is 6.88. The van der Waals surface area contributed by atoms with Crippen LogP contribution in [0.3, 0.4) is 0 Å². The third-order valence-electron chi connectivity index (χ3n) is 3.51. The van der Waals surface area contributed by atoms with Crippen LogP contribution < -0.4 is 10.1 Å². The molecule has 2 aromatic rings. The maximum atomic E-state index is 10.7. The summed E-state index contributed by atoms with van der Waals surface area (Å²) in [6, 6.07) is 12.7. The Kier molecular flexibility index (Phi) is 3.48. The maximum absolute atomic E-state index is 10.7. The number of hydrogen-bond acceptors (Lipinski definition) is 4. The Morgan fingerprint density at radius 3 is 3.00 bits per heavy atom. The van der Waals surface area contributed by atoms with Crippen molar-refractivity contribution in [2.75, 3.05) is 5.32 Å². The van der Waals surface area contributed by atoms with Gasteiger partial charge >= 0.3 is 0 Å². The van der Waals surface area contributed by atoms with Crippen LogP contribution in [0.4, 0.5) is 11.4 Å². The molecule has 0 saturated heterocycles. The quantitative estimate of drug-likeness (QED) is 0.689. The van der Waals surface area contributed by atoms with Gasteiger partial charge in [0.05, 0.1) is 4.92 Å². The molecule has 0 spiro atoms. The second-order valence-electron chi connectivity index (χ2n) is 5.24. The molecule has 1 N–H and O–H groups in total. The van der Waals surface area contributed by atoms with Crippen LogP contribution in [-0.4, -0.2) is 11.0 Å². The average molecular weight is 284 g/mol. The summed E-state index contributed by atoms with van der Waals surface area (Å²) in [6.07, 6.45) is 1.17. The molecule has 5 nitrogen and oxygen atoms in total. The topological polar surface area (TPSA) is 64.4 Å². The Balaban J connectivity index is 1.70. The van der Waals surface area contributed by atoms with Gasteiger partial charge in [-0.15, -0.1) is 0 Å². The molecular weight excluding hydrogens is 268 g/mol. The summed E-state index contributed by atoms with van der Waals surface area (Å²) in [4.78, 5) is 10.4. The fourth-order valence-corrected chi connectivity index (χ4v) is 2.52. The Hall–Kier alpha value is -2.56. The highest BCUT2D eigenvalue weighted by Crippen LogP contribution is 2.29. The molecule has 0 amide bonds. The Morgan fingerprint density at radius 2 is 2.19 bits per heavy atom. The molecule has 0 unspecified atom stereocenters. The lowest BCUT2D eigenvalue weighted by molar-refractivity contribution is -0.384. The predicted molar refractivity (Wildman–Crippen MR) is 80.7 cm³/mol. The minimum Gasteiger partial charge on any atom is -0.490 e. The fraction of sp³-hybridized carbons (Fsp3) is 0.250. The van der Waals surface area contributed by atoms with Crippen molar-refractivity contribution in [3.63, 3.8) is 0 Å². The van der Waals surface area contributed by atoms with E-state index >= 15 is 0 Å². The molecule has 0 saturated carbocycles. The molecule has 1 atom stereocenters.